The number of nitrogens with one attached hydrogen (secondary N) is 1. The number of pyridine rings is 1. The lowest BCUT2D eigenvalue weighted by Crippen LogP contribution is -2.22. The second-order valence-corrected chi connectivity index (χ2v) is 5.98. The number of nitrogens with zero attached hydrogens (tertiary/aromatic N) is 2. The van der Waals surface area contributed by atoms with Gasteiger partial charge in [-0.25, -0.2) is 4.98 Å². The number of benzene rings is 1. The molecular weight excluding hydrogens is 266 g/mol. The Morgan fingerprint density at radius 1 is 1.05 bits per heavy atom. The monoisotopic (exact) mass is 283 g/mol. The Morgan fingerprint density at radius 3 is 2.65 bits per heavy atom. The van der Waals surface area contributed by atoms with Gasteiger partial charge in [0, 0.05) is 18.4 Å². The predicted octanol–water partition coefficient (Wildman–Crippen LogP) is 4.10. The maximum Gasteiger partial charge on any atom is 0.111 e. The van der Waals surface area contributed by atoms with Crippen LogP contribution in [0.4, 0.5) is 0 Å². The maximum absolute atomic E-state index is 4.70. The highest BCUT2D eigenvalue weighted by Crippen LogP contribution is 2.27. The van der Waals surface area contributed by atoms with Gasteiger partial charge in [0.15, 0.2) is 0 Å². The summed E-state index contributed by atoms with van der Waals surface area (Å²) in [5, 5.41) is 4.71. The van der Waals surface area contributed by atoms with Crippen LogP contribution in [-0.4, -0.2) is 9.97 Å². The second kappa shape index (κ2) is 5.69. The molecule has 1 aromatic carbocycles. The Labute approximate surface area is 122 Å². The molecule has 0 aliphatic heterocycles. The van der Waals surface area contributed by atoms with Crippen LogP contribution in [0, 0.1) is 0 Å². The van der Waals surface area contributed by atoms with E-state index in [0.29, 0.717) is 0 Å². The van der Waals surface area contributed by atoms with Crippen molar-refractivity contribution >= 4 is 21.6 Å². The third-order valence-electron chi connectivity index (χ3n) is 3.37. The minimum atomic E-state index is 0.225. The van der Waals surface area contributed by atoms with E-state index in [1.165, 1.54) is 10.3 Å². The van der Waals surface area contributed by atoms with Gasteiger partial charge in [-0.15, -0.1) is 11.3 Å². The highest BCUT2D eigenvalue weighted by molar-refractivity contribution is 7.18. The summed E-state index contributed by atoms with van der Waals surface area (Å²) in [5.74, 6) is 0. The van der Waals surface area contributed by atoms with Gasteiger partial charge in [-0.2, -0.15) is 0 Å². The first-order valence-electron chi connectivity index (χ1n) is 6.75. The third kappa shape index (κ3) is 2.71. The van der Waals surface area contributed by atoms with Crippen molar-refractivity contribution in [1.29, 1.82) is 0 Å². The Balaban J connectivity index is 1.77. The van der Waals surface area contributed by atoms with Crippen molar-refractivity contribution in [2.45, 2.75) is 25.9 Å². The summed E-state index contributed by atoms with van der Waals surface area (Å²) in [6.45, 7) is 4.31. The van der Waals surface area contributed by atoms with E-state index in [1.54, 1.807) is 17.5 Å². The van der Waals surface area contributed by atoms with Crippen LogP contribution in [0.15, 0.2) is 48.8 Å². The van der Waals surface area contributed by atoms with Crippen molar-refractivity contribution in [3.8, 4) is 0 Å². The van der Waals surface area contributed by atoms with Crippen molar-refractivity contribution in [2.24, 2.45) is 0 Å². The fourth-order valence-corrected chi connectivity index (χ4v) is 3.23. The molecule has 1 unspecified atom stereocenters. The predicted molar refractivity (Wildman–Crippen MR) is 83.8 cm³/mol. The van der Waals surface area contributed by atoms with E-state index in [0.717, 1.165) is 10.5 Å². The largest absolute Gasteiger partial charge is 0.301 e. The van der Waals surface area contributed by atoms with E-state index in [2.05, 4.69) is 48.4 Å². The van der Waals surface area contributed by atoms with Crippen LogP contribution in [0.3, 0.4) is 0 Å². The van der Waals surface area contributed by atoms with Crippen LogP contribution in [0.1, 0.15) is 36.5 Å². The van der Waals surface area contributed by atoms with Crippen molar-refractivity contribution in [1.82, 2.24) is 15.3 Å². The molecular formula is C16H17N3S. The summed E-state index contributed by atoms with van der Waals surface area (Å²) < 4.78 is 1.24. The summed E-state index contributed by atoms with van der Waals surface area (Å²) >= 11 is 1.75. The van der Waals surface area contributed by atoms with Gasteiger partial charge < -0.3 is 5.32 Å². The molecule has 3 nitrogen and oxygen atoms in total. The van der Waals surface area contributed by atoms with Gasteiger partial charge in [0.1, 0.15) is 5.01 Å². The molecule has 3 rings (SSSR count). The van der Waals surface area contributed by atoms with Crippen molar-refractivity contribution in [3.63, 3.8) is 0 Å². The fourth-order valence-electron chi connectivity index (χ4n) is 2.25. The zero-order valence-electron chi connectivity index (χ0n) is 11.6. The van der Waals surface area contributed by atoms with Gasteiger partial charge in [-0.05, 0) is 37.6 Å². The van der Waals surface area contributed by atoms with E-state index in [-0.39, 0.29) is 12.1 Å². The smallest absolute Gasteiger partial charge is 0.111 e. The molecule has 4 heteroatoms. The molecule has 0 radical (unpaired) electrons. The van der Waals surface area contributed by atoms with Crippen LogP contribution in [0.2, 0.25) is 0 Å². The quantitative estimate of drug-likeness (QED) is 0.783. The number of hydrogen-bond acceptors (Lipinski definition) is 4. The summed E-state index contributed by atoms with van der Waals surface area (Å²) in [6.07, 6.45) is 3.70. The number of aromatic nitrogens is 2. The van der Waals surface area contributed by atoms with E-state index in [4.69, 9.17) is 4.98 Å². The number of hydrogen-bond donors (Lipinski definition) is 1. The van der Waals surface area contributed by atoms with E-state index in [1.807, 2.05) is 18.3 Å². The molecule has 1 N–H and O–H groups in total. The molecule has 3 aromatic rings. The molecule has 0 saturated carbocycles. The van der Waals surface area contributed by atoms with Crippen LogP contribution in [0.25, 0.3) is 10.2 Å². The molecule has 0 aliphatic rings. The van der Waals surface area contributed by atoms with Gasteiger partial charge in [0.2, 0.25) is 0 Å². The lowest BCUT2D eigenvalue weighted by atomic mass is 10.1. The Hall–Kier alpha value is -1.78. The Kier molecular flexibility index (Phi) is 3.76. The van der Waals surface area contributed by atoms with Crippen LogP contribution >= 0.6 is 11.3 Å². The van der Waals surface area contributed by atoms with E-state index in [9.17, 15) is 0 Å². The zero-order chi connectivity index (χ0) is 13.9. The molecule has 2 atom stereocenters. The van der Waals surface area contributed by atoms with Gasteiger partial charge in [0.25, 0.3) is 0 Å². The van der Waals surface area contributed by atoms with Crippen molar-refractivity contribution in [3.05, 3.63) is 59.4 Å². The second-order valence-electron chi connectivity index (χ2n) is 4.92. The average Bonchev–Trinajstić information content (AvgIpc) is 2.92. The number of rotatable bonds is 4. The average molecular weight is 283 g/mol. The summed E-state index contributed by atoms with van der Waals surface area (Å²) in [5.41, 5.74) is 2.27. The standard InChI is InChI=1S/C16H17N3S/c1-11(13-6-5-9-17-10-13)18-12(2)16-19-14-7-3-4-8-15(14)20-16/h3-12,18H,1-2H3/t11-,12?/m0/s1. The molecule has 0 saturated heterocycles. The zero-order valence-corrected chi connectivity index (χ0v) is 12.4. The highest BCUT2D eigenvalue weighted by Gasteiger charge is 2.14. The topological polar surface area (TPSA) is 37.8 Å². The fraction of sp³-hybridized carbons (Fsp3) is 0.250. The molecule has 0 amide bonds. The molecule has 0 fully saturated rings. The minimum Gasteiger partial charge on any atom is -0.301 e. The Morgan fingerprint density at radius 2 is 1.90 bits per heavy atom. The molecule has 0 aliphatic carbocycles. The molecule has 102 valence electrons. The molecule has 0 spiro atoms. The molecule has 20 heavy (non-hydrogen) atoms. The third-order valence-corrected chi connectivity index (χ3v) is 4.58. The van der Waals surface area contributed by atoms with Crippen LogP contribution in [-0.2, 0) is 0 Å². The van der Waals surface area contributed by atoms with Gasteiger partial charge in [-0.1, -0.05) is 18.2 Å². The maximum atomic E-state index is 4.70. The van der Waals surface area contributed by atoms with Gasteiger partial charge in [-0.3, -0.25) is 4.98 Å². The first-order chi connectivity index (χ1) is 9.74. The van der Waals surface area contributed by atoms with Gasteiger partial charge in [0.05, 0.1) is 16.3 Å². The summed E-state index contributed by atoms with van der Waals surface area (Å²) in [6, 6.07) is 12.8. The lowest BCUT2D eigenvalue weighted by molar-refractivity contribution is 0.492. The summed E-state index contributed by atoms with van der Waals surface area (Å²) in [7, 11) is 0. The van der Waals surface area contributed by atoms with Gasteiger partial charge >= 0.3 is 0 Å². The first-order valence-corrected chi connectivity index (χ1v) is 7.57. The first kappa shape index (κ1) is 13.2. The Bertz CT molecular complexity index is 660. The molecule has 2 heterocycles. The number of fused-ring (bicyclic) bond motifs is 1. The van der Waals surface area contributed by atoms with Crippen LogP contribution in [0.5, 0.6) is 0 Å². The van der Waals surface area contributed by atoms with E-state index >= 15 is 0 Å². The number of thiazole rings is 1. The number of para-hydroxylation sites is 1. The highest BCUT2D eigenvalue weighted by atomic mass is 32.1. The summed E-state index contributed by atoms with van der Waals surface area (Å²) in [4.78, 5) is 8.87. The van der Waals surface area contributed by atoms with Crippen molar-refractivity contribution in [2.75, 3.05) is 0 Å². The van der Waals surface area contributed by atoms with E-state index < -0.39 is 0 Å². The normalized spacial score (nSPS) is 14.3. The molecule has 2 aromatic heterocycles. The van der Waals surface area contributed by atoms with Crippen molar-refractivity contribution < 1.29 is 0 Å². The SMILES string of the molecule is CC(N[C@@H](C)c1cccnc1)c1nc2ccccc2s1. The minimum absolute atomic E-state index is 0.225. The van der Waals surface area contributed by atoms with Crippen LogP contribution < -0.4 is 5.32 Å². The molecule has 0 bridgehead atoms. The lowest BCUT2D eigenvalue weighted by Gasteiger charge is -2.18.